The van der Waals surface area contributed by atoms with Crippen molar-refractivity contribution in [3.63, 3.8) is 0 Å². The number of benzene rings is 1. The van der Waals surface area contributed by atoms with E-state index in [9.17, 15) is 4.79 Å². The Hall–Kier alpha value is -1.82. The fraction of sp³-hybridized carbons (Fsp3) is 0.400. The molecule has 1 aromatic heterocycles. The van der Waals surface area contributed by atoms with E-state index in [2.05, 4.69) is 28.5 Å². The monoisotopic (exact) mass is 302 g/mol. The summed E-state index contributed by atoms with van der Waals surface area (Å²) < 4.78 is 1.63. The number of hydrogen-bond donors (Lipinski definition) is 0. The lowest BCUT2D eigenvalue weighted by Gasteiger charge is -2.28. The van der Waals surface area contributed by atoms with E-state index in [0.29, 0.717) is 6.54 Å². The van der Waals surface area contributed by atoms with E-state index in [-0.39, 0.29) is 12.5 Å². The molecular weight excluding hydrogens is 284 g/mol. The van der Waals surface area contributed by atoms with Crippen LogP contribution >= 0.6 is 11.8 Å². The van der Waals surface area contributed by atoms with Crippen LogP contribution in [0.15, 0.2) is 30.5 Å². The highest BCUT2D eigenvalue weighted by atomic mass is 32.2. The molecule has 0 bridgehead atoms. The average Bonchev–Trinajstić information content (AvgIpc) is 2.94. The Bertz CT molecular complexity index is 640. The minimum absolute atomic E-state index is 0.102. The largest absolute Gasteiger partial charge is 0.336 e. The summed E-state index contributed by atoms with van der Waals surface area (Å²) in [5.41, 5.74) is 3.52. The van der Waals surface area contributed by atoms with E-state index in [1.807, 2.05) is 23.4 Å². The maximum absolute atomic E-state index is 12.4. The fourth-order valence-electron chi connectivity index (χ4n) is 2.58. The SMILES string of the molecule is CSCc1cn(CC(=O)N2CCc3ccccc3C2)nn1. The van der Waals surface area contributed by atoms with Gasteiger partial charge in [-0.25, -0.2) is 4.68 Å². The quantitative estimate of drug-likeness (QED) is 0.863. The van der Waals surface area contributed by atoms with Gasteiger partial charge < -0.3 is 4.90 Å². The van der Waals surface area contributed by atoms with Crippen LogP contribution in [0, 0.1) is 0 Å². The van der Waals surface area contributed by atoms with Crippen molar-refractivity contribution in [3.05, 3.63) is 47.3 Å². The lowest BCUT2D eigenvalue weighted by Crippen LogP contribution is -2.38. The second kappa shape index (κ2) is 6.30. The van der Waals surface area contributed by atoms with Gasteiger partial charge in [-0.15, -0.1) is 5.10 Å². The molecule has 1 aromatic carbocycles. The number of nitrogens with zero attached hydrogens (tertiary/aromatic N) is 4. The molecule has 2 heterocycles. The van der Waals surface area contributed by atoms with Crippen LogP contribution in [0.25, 0.3) is 0 Å². The van der Waals surface area contributed by atoms with Crippen LogP contribution in [0.1, 0.15) is 16.8 Å². The summed E-state index contributed by atoms with van der Waals surface area (Å²) in [4.78, 5) is 14.3. The first kappa shape index (κ1) is 14.1. The molecule has 0 atom stereocenters. The highest BCUT2D eigenvalue weighted by molar-refractivity contribution is 7.97. The summed E-state index contributed by atoms with van der Waals surface area (Å²) in [5, 5.41) is 8.08. The van der Waals surface area contributed by atoms with Gasteiger partial charge in [-0.2, -0.15) is 11.8 Å². The normalized spacial score (nSPS) is 14.0. The van der Waals surface area contributed by atoms with E-state index < -0.39 is 0 Å². The van der Waals surface area contributed by atoms with Gasteiger partial charge in [0.2, 0.25) is 5.91 Å². The molecule has 0 saturated carbocycles. The van der Waals surface area contributed by atoms with Gasteiger partial charge in [0.1, 0.15) is 6.54 Å². The topological polar surface area (TPSA) is 51.0 Å². The Morgan fingerprint density at radius 1 is 1.33 bits per heavy atom. The summed E-state index contributed by atoms with van der Waals surface area (Å²) in [6.07, 6.45) is 4.80. The highest BCUT2D eigenvalue weighted by Gasteiger charge is 2.20. The van der Waals surface area contributed by atoms with Gasteiger partial charge in [-0.1, -0.05) is 29.5 Å². The van der Waals surface area contributed by atoms with E-state index >= 15 is 0 Å². The number of carbonyl (C=O) groups is 1. The smallest absolute Gasteiger partial charge is 0.244 e. The zero-order valence-electron chi connectivity index (χ0n) is 12.0. The molecule has 0 spiro atoms. The molecule has 0 N–H and O–H groups in total. The first-order valence-electron chi connectivity index (χ1n) is 6.99. The molecule has 1 amide bonds. The summed E-state index contributed by atoms with van der Waals surface area (Å²) in [5.74, 6) is 0.927. The van der Waals surface area contributed by atoms with E-state index in [1.165, 1.54) is 11.1 Å². The van der Waals surface area contributed by atoms with Gasteiger partial charge in [-0.05, 0) is 23.8 Å². The summed E-state index contributed by atoms with van der Waals surface area (Å²) in [6, 6.07) is 8.32. The van der Waals surface area contributed by atoms with E-state index in [4.69, 9.17) is 0 Å². The molecule has 0 saturated heterocycles. The minimum Gasteiger partial charge on any atom is -0.336 e. The van der Waals surface area contributed by atoms with Gasteiger partial charge in [0, 0.05) is 25.0 Å². The lowest BCUT2D eigenvalue weighted by atomic mass is 10.00. The van der Waals surface area contributed by atoms with Gasteiger partial charge in [0.25, 0.3) is 0 Å². The molecule has 110 valence electrons. The van der Waals surface area contributed by atoms with Crippen LogP contribution < -0.4 is 0 Å². The van der Waals surface area contributed by atoms with Crippen molar-refractivity contribution in [2.75, 3.05) is 12.8 Å². The van der Waals surface area contributed by atoms with E-state index in [1.54, 1.807) is 16.4 Å². The van der Waals surface area contributed by atoms with Gasteiger partial charge in [0.05, 0.1) is 5.69 Å². The number of rotatable bonds is 4. The van der Waals surface area contributed by atoms with Crippen molar-refractivity contribution < 1.29 is 4.79 Å². The molecule has 6 heteroatoms. The molecule has 5 nitrogen and oxygen atoms in total. The zero-order chi connectivity index (χ0) is 14.7. The second-order valence-electron chi connectivity index (χ2n) is 5.17. The third-order valence-corrected chi connectivity index (χ3v) is 4.24. The second-order valence-corrected chi connectivity index (χ2v) is 6.04. The zero-order valence-corrected chi connectivity index (χ0v) is 12.8. The Kier molecular flexibility index (Phi) is 4.24. The number of thioether (sulfide) groups is 1. The van der Waals surface area contributed by atoms with Gasteiger partial charge in [0.15, 0.2) is 0 Å². The van der Waals surface area contributed by atoms with Crippen molar-refractivity contribution in [1.82, 2.24) is 19.9 Å². The van der Waals surface area contributed by atoms with Crippen LogP contribution in [-0.2, 0) is 30.1 Å². The molecule has 0 aliphatic carbocycles. The summed E-state index contributed by atoms with van der Waals surface area (Å²) in [6.45, 7) is 1.74. The van der Waals surface area contributed by atoms with Crippen molar-refractivity contribution >= 4 is 17.7 Å². The molecule has 0 unspecified atom stereocenters. The molecule has 1 aliphatic rings. The van der Waals surface area contributed by atoms with E-state index in [0.717, 1.165) is 24.4 Å². The van der Waals surface area contributed by atoms with Crippen molar-refractivity contribution in [2.45, 2.75) is 25.3 Å². The number of carbonyl (C=O) groups excluding carboxylic acids is 1. The van der Waals surface area contributed by atoms with Crippen LogP contribution in [-0.4, -0.2) is 38.6 Å². The average molecular weight is 302 g/mol. The van der Waals surface area contributed by atoms with Crippen LogP contribution in [0.4, 0.5) is 0 Å². The van der Waals surface area contributed by atoms with Gasteiger partial charge in [-0.3, -0.25) is 4.79 Å². The van der Waals surface area contributed by atoms with Crippen LogP contribution in [0.2, 0.25) is 0 Å². The molecule has 0 fully saturated rings. The first-order chi connectivity index (χ1) is 10.3. The molecule has 1 aliphatic heterocycles. The molecule has 21 heavy (non-hydrogen) atoms. The molecular formula is C15H18N4OS. The predicted octanol–water partition coefficient (Wildman–Crippen LogP) is 1.73. The Labute approximate surface area is 128 Å². The van der Waals surface area contributed by atoms with Crippen LogP contribution in [0.5, 0.6) is 0 Å². The number of fused-ring (bicyclic) bond motifs is 1. The van der Waals surface area contributed by atoms with Gasteiger partial charge >= 0.3 is 0 Å². The van der Waals surface area contributed by atoms with Crippen LogP contribution in [0.3, 0.4) is 0 Å². The number of amides is 1. The Morgan fingerprint density at radius 2 is 2.14 bits per heavy atom. The Morgan fingerprint density at radius 3 is 2.95 bits per heavy atom. The molecule has 0 radical (unpaired) electrons. The van der Waals surface area contributed by atoms with Crippen molar-refractivity contribution in [3.8, 4) is 0 Å². The summed E-state index contributed by atoms with van der Waals surface area (Å²) in [7, 11) is 0. The summed E-state index contributed by atoms with van der Waals surface area (Å²) >= 11 is 1.70. The lowest BCUT2D eigenvalue weighted by molar-refractivity contribution is -0.133. The molecule has 3 rings (SSSR count). The Balaban J connectivity index is 1.63. The number of aromatic nitrogens is 3. The van der Waals surface area contributed by atoms with Crippen molar-refractivity contribution in [1.29, 1.82) is 0 Å². The first-order valence-corrected chi connectivity index (χ1v) is 8.38. The molecule has 2 aromatic rings. The standard InChI is InChI=1S/C15H18N4OS/c1-21-11-14-9-19(17-16-14)10-15(20)18-7-6-12-4-2-3-5-13(12)8-18/h2-5,9H,6-8,10-11H2,1H3. The minimum atomic E-state index is 0.102. The number of hydrogen-bond acceptors (Lipinski definition) is 4. The maximum atomic E-state index is 12.4. The fourth-order valence-corrected chi connectivity index (χ4v) is 3.01. The third kappa shape index (κ3) is 3.26. The third-order valence-electron chi connectivity index (χ3n) is 3.66. The maximum Gasteiger partial charge on any atom is 0.244 e. The predicted molar refractivity (Wildman–Crippen MR) is 82.8 cm³/mol. The van der Waals surface area contributed by atoms with Crippen molar-refractivity contribution in [2.24, 2.45) is 0 Å². The highest BCUT2D eigenvalue weighted by Crippen LogP contribution is 2.18.